The third kappa shape index (κ3) is 4.63. The van der Waals surface area contributed by atoms with Gasteiger partial charge in [0.2, 0.25) is 0 Å². The number of carbonyl (C=O) groups excluding carboxylic acids is 1. The van der Waals surface area contributed by atoms with Gasteiger partial charge in [0.05, 0.1) is 5.56 Å². The van der Waals surface area contributed by atoms with Crippen molar-refractivity contribution >= 4 is 5.97 Å². The summed E-state index contributed by atoms with van der Waals surface area (Å²) in [5, 5.41) is 0. The Hall–Kier alpha value is -1.36. The maximum atomic E-state index is 11.9. The number of benzene rings is 2. The van der Waals surface area contributed by atoms with E-state index in [0.29, 0.717) is 5.56 Å². The maximum Gasteiger partial charge on any atom is 0.357 e. The zero-order valence-electron chi connectivity index (χ0n) is 11.9. The van der Waals surface area contributed by atoms with Crippen LogP contribution in [0.3, 0.4) is 0 Å². The summed E-state index contributed by atoms with van der Waals surface area (Å²) in [6, 6.07) is 18.2. The second kappa shape index (κ2) is 6.39. The molecule has 2 aromatic rings. The number of rotatable bonds is 3. The second-order valence-electron chi connectivity index (χ2n) is 5.40. The molecule has 2 aromatic carbocycles. The van der Waals surface area contributed by atoms with Gasteiger partial charge >= 0.3 is 27.2 Å². The molecule has 3 heteroatoms. The smallest absolute Gasteiger partial charge is 0.357 e. The molecule has 20 heavy (non-hydrogen) atoms. The molecule has 0 N–H and O–H groups in total. The van der Waals surface area contributed by atoms with Crippen molar-refractivity contribution in [3.05, 3.63) is 67.3 Å². The Bertz CT molecular complexity index is 568. The molecule has 0 aliphatic rings. The van der Waals surface area contributed by atoms with E-state index < -0.39 is 5.60 Å². The summed E-state index contributed by atoms with van der Waals surface area (Å²) in [7, 11) is 0. The van der Waals surface area contributed by atoms with Gasteiger partial charge in [-0.3, -0.25) is 0 Å². The van der Waals surface area contributed by atoms with Crippen molar-refractivity contribution in [2.75, 3.05) is 0 Å². The first-order valence-electron chi connectivity index (χ1n) is 6.47. The van der Waals surface area contributed by atoms with Crippen LogP contribution in [-0.4, -0.2) is 11.6 Å². The Kier molecular flexibility index (Phi) is 4.81. The minimum atomic E-state index is -0.452. The molecule has 0 saturated carbocycles. The normalized spacial score (nSPS) is 11.2. The predicted octanol–water partition coefficient (Wildman–Crippen LogP) is 0.770. The van der Waals surface area contributed by atoms with E-state index in [1.807, 2.05) is 51.1 Å². The first-order valence-corrected chi connectivity index (χ1v) is 8.63. The van der Waals surface area contributed by atoms with E-state index >= 15 is 0 Å². The van der Waals surface area contributed by atoms with Crippen LogP contribution in [0.2, 0.25) is 0 Å². The number of hydrogen-bond donors (Lipinski definition) is 0. The molecule has 0 fully saturated rings. The highest BCUT2D eigenvalue weighted by molar-refractivity contribution is 5.89. The van der Waals surface area contributed by atoms with Gasteiger partial charge in [-0.2, -0.15) is 0 Å². The highest BCUT2D eigenvalue weighted by Gasteiger charge is 2.19. The summed E-state index contributed by atoms with van der Waals surface area (Å²) in [5.41, 5.74) is 0.160. The van der Waals surface area contributed by atoms with Gasteiger partial charge in [0, 0.05) is 0 Å². The Labute approximate surface area is 130 Å². The molecule has 0 atom stereocenters. The molecule has 0 amide bonds. The standard InChI is InChI=1S/C17H18IO2/c1-17(2,3)20-16(19)13-9-11-15(12-10-13)18-14-7-5-4-6-8-14/h4-12H,1-3H3/q+1. The number of esters is 1. The number of carbonyl (C=O) groups is 1. The molecule has 0 aliphatic heterocycles. The van der Waals surface area contributed by atoms with E-state index in [2.05, 4.69) is 24.3 Å². The fourth-order valence-electron chi connectivity index (χ4n) is 1.59. The van der Waals surface area contributed by atoms with Crippen molar-refractivity contribution in [3.8, 4) is 0 Å². The SMILES string of the molecule is CC(C)(C)OC(=O)c1ccc([I+]c2ccccc2)cc1. The first kappa shape index (κ1) is 15.0. The largest absolute Gasteiger partial charge is 0.456 e. The Morgan fingerprint density at radius 3 is 2.00 bits per heavy atom. The molecule has 0 spiro atoms. The average molecular weight is 381 g/mol. The number of hydrogen-bond acceptors (Lipinski definition) is 2. The van der Waals surface area contributed by atoms with Gasteiger partial charge in [0.25, 0.3) is 0 Å². The van der Waals surface area contributed by atoms with E-state index in [1.54, 1.807) is 0 Å². The zero-order valence-corrected chi connectivity index (χ0v) is 14.0. The Balaban J connectivity index is 2.05. The minimum Gasteiger partial charge on any atom is -0.456 e. The summed E-state index contributed by atoms with van der Waals surface area (Å²) in [6.07, 6.45) is 0. The summed E-state index contributed by atoms with van der Waals surface area (Å²) in [6.45, 7) is 5.63. The van der Waals surface area contributed by atoms with E-state index in [-0.39, 0.29) is 27.2 Å². The van der Waals surface area contributed by atoms with Crippen molar-refractivity contribution < 1.29 is 30.7 Å². The van der Waals surface area contributed by atoms with E-state index in [9.17, 15) is 4.79 Å². The molecule has 2 rings (SSSR count). The molecular formula is C17H18IO2+. The predicted molar refractivity (Wildman–Crippen MR) is 75.4 cm³/mol. The van der Waals surface area contributed by atoms with Gasteiger partial charge in [0.1, 0.15) is 5.60 Å². The molecule has 0 aliphatic carbocycles. The lowest BCUT2D eigenvalue weighted by atomic mass is 10.2. The molecule has 0 unspecified atom stereocenters. The lowest BCUT2D eigenvalue weighted by Gasteiger charge is -2.19. The Morgan fingerprint density at radius 2 is 1.45 bits per heavy atom. The van der Waals surface area contributed by atoms with Crippen LogP contribution in [0.4, 0.5) is 0 Å². The van der Waals surface area contributed by atoms with Crippen LogP contribution in [0.25, 0.3) is 0 Å². The second-order valence-corrected chi connectivity index (χ2v) is 8.43. The first-order chi connectivity index (χ1) is 9.44. The topological polar surface area (TPSA) is 26.3 Å². The van der Waals surface area contributed by atoms with Gasteiger partial charge in [-0.15, -0.1) is 0 Å². The molecule has 0 radical (unpaired) electrons. The third-order valence-corrected chi connectivity index (χ3v) is 5.11. The molecule has 104 valence electrons. The summed E-state index contributed by atoms with van der Waals surface area (Å²) < 4.78 is 8.02. The van der Waals surface area contributed by atoms with Crippen LogP contribution in [0.15, 0.2) is 54.6 Å². The van der Waals surface area contributed by atoms with Crippen LogP contribution < -0.4 is 21.2 Å². The highest BCUT2D eigenvalue weighted by atomic mass is 127. The van der Waals surface area contributed by atoms with Crippen LogP contribution in [0.1, 0.15) is 31.1 Å². The van der Waals surface area contributed by atoms with E-state index in [0.717, 1.165) is 0 Å². The fraction of sp³-hybridized carbons (Fsp3) is 0.235. The third-order valence-electron chi connectivity index (χ3n) is 2.43. The molecule has 0 aromatic heterocycles. The number of ether oxygens (including phenoxy) is 1. The fourth-order valence-corrected chi connectivity index (χ4v) is 3.80. The van der Waals surface area contributed by atoms with Gasteiger partial charge in [0.15, 0.2) is 7.14 Å². The highest BCUT2D eigenvalue weighted by Crippen LogP contribution is 2.11. The van der Waals surface area contributed by atoms with Gasteiger partial charge in [-0.05, 0) is 57.2 Å². The quantitative estimate of drug-likeness (QED) is 0.580. The number of halogens is 1. The minimum absolute atomic E-state index is 0.184. The molecule has 0 heterocycles. The van der Waals surface area contributed by atoms with Crippen molar-refractivity contribution in [1.29, 1.82) is 0 Å². The van der Waals surface area contributed by atoms with Crippen LogP contribution in [0, 0.1) is 7.14 Å². The molecule has 2 nitrogen and oxygen atoms in total. The van der Waals surface area contributed by atoms with Crippen LogP contribution in [-0.2, 0) is 4.74 Å². The van der Waals surface area contributed by atoms with Crippen molar-refractivity contribution in [1.82, 2.24) is 0 Å². The summed E-state index contributed by atoms with van der Waals surface area (Å²) >= 11 is -0.184. The van der Waals surface area contributed by atoms with E-state index in [4.69, 9.17) is 4.74 Å². The summed E-state index contributed by atoms with van der Waals surface area (Å²) in [4.78, 5) is 11.9. The van der Waals surface area contributed by atoms with Gasteiger partial charge in [-0.25, -0.2) is 4.79 Å². The van der Waals surface area contributed by atoms with Crippen molar-refractivity contribution in [2.45, 2.75) is 26.4 Å². The lowest BCUT2D eigenvalue weighted by Crippen LogP contribution is -3.61. The Morgan fingerprint density at radius 1 is 0.900 bits per heavy atom. The lowest BCUT2D eigenvalue weighted by molar-refractivity contribution is -0.597. The zero-order chi connectivity index (χ0) is 14.6. The van der Waals surface area contributed by atoms with Gasteiger partial charge in [-0.1, -0.05) is 18.2 Å². The van der Waals surface area contributed by atoms with Crippen molar-refractivity contribution in [2.24, 2.45) is 0 Å². The van der Waals surface area contributed by atoms with Gasteiger partial charge < -0.3 is 4.74 Å². The molecule has 0 bridgehead atoms. The van der Waals surface area contributed by atoms with Crippen LogP contribution >= 0.6 is 0 Å². The van der Waals surface area contributed by atoms with Crippen LogP contribution in [0.5, 0.6) is 0 Å². The monoisotopic (exact) mass is 381 g/mol. The van der Waals surface area contributed by atoms with Crippen molar-refractivity contribution in [3.63, 3.8) is 0 Å². The average Bonchev–Trinajstić information content (AvgIpc) is 2.39. The van der Waals surface area contributed by atoms with E-state index in [1.165, 1.54) is 7.14 Å². The molecular weight excluding hydrogens is 363 g/mol. The maximum absolute atomic E-state index is 11.9. The molecule has 0 saturated heterocycles. The summed E-state index contributed by atoms with van der Waals surface area (Å²) in [5.74, 6) is -0.262.